The van der Waals surface area contributed by atoms with Gasteiger partial charge in [-0.25, -0.2) is 32.2 Å². The number of hydrogen-bond acceptors (Lipinski definition) is 9. The van der Waals surface area contributed by atoms with Crippen LogP contribution in [0.25, 0.3) is 22.0 Å². The van der Waals surface area contributed by atoms with E-state index in [0.29, 0.717) is 46.0 Å². The number of carbonyl (C=O) groups is 1. The van der Waals surface area contributed by atoms with Gasteiger partial charge in [0.2, 0.25) is 5.88 Å². The van der Waals surface area contributed by atoms with E-state index in [1.54, 1.807) is 12.1 Å². The Morgan fingerprint density at radius 2 is 1.71 bits per heavy atom. The van der Waals surface area contributed by atoms with E-state index < -0.39 is 26.6 Å². The normalized spacial score (nSPS) is 11.4. The molecule has 0 radical (unpaired) electrons. The van der Waals surface area contributed by atoms with Crippen LogP contribution in [0.15, 0.2) is 53.8 Å². The maximum Gasteiger partial charge on any atom is 0.305 e. The first kappa shape index (κ1) is 33.5. The molecule has 0 atom stereocenters. The predicted molar refractivity (Wildman–Crippen MR) is 166 cm³/mol. The molecule has 45 heavy (non-hydrogen) atoms. The van der Waals surface area contributed by atoms with Crippen LogP contribution in [0.5, 0.6) is 11.6 Å². The monoisotopic (exact) mass is 642 g/mol. The van der Waals surface area contributed by atoms with Gasteiger partial charge in [0.15, 0.2) is 0 Å². The Kier molecular flexibility index (Phi) is 11.6. The molecule has 0 bridgehead atoms. The van der Waals surface area contributed by atoms with Crippen molar-refractivity contribution < 1.29 is 36.2 Å². The number of benzene rings is 2. The van der Waals surface area contributed by atoms with Gasteiger partial charge in [0.25, 0.3) is 10.0 Å². The van der Waals surface area contributed by atoms with Crippen molar-refractivity contribution in [1.82, 2.24) is 15.0 Å². The SMILES string of the molecule is CCCCCCCCC(=O)OCCOc1cc(-c2cnc(OC)c(NS(=O)(=O)c3ccc(F)cc3F)c2)cc2c(C)ncnc12. The first-order valence-electron chi connectivity index (χ1n) is 14.7. The van der Waals surface area contributed by atoms with Crippen LogP contribution in [0.2, 0.25) is 0 Å². The summed E-state index contributed by atoms with van der Waals surface area (Å²) in [6, 6.07) is 7.14. The highest BCUT2D eigenvalue weighted by Gasteiger charge is 2.23. The molecule has 0 saturated carbocycles. The van der Waals surface area contributed by atoms with Gasteiger partial charge in [-0.15, -0.1) is 0 Å². The van der Waals surface area contributed by atoms with Gasteiger partial charge >= 0.3 is 5.97 Å². The highest BCUT2D eigenvalue weighted by Crippen LogP contribution is 2.35. The molecule has 2 heterocycles. The fraction of sp³-hybridized carbons (Fsp3) is 0.375. The molecule has 0 aliphatic carbocycles. The zero-order valence-corrected chi connectivity index (χ0v) is 26.3. The molecular weight excluding hydrogens is 606 g/mol. The molecule has 4 aromatic rings. The standard InChI is InChI=1S/C32H36F2N4O6S/c1-4-5-6-7-8-9-10-30(39)44-14-13-43-28-17-22(15-25-21(2)36-20-37-31(25)28)23-16-27(32(42-3)35-19-23)38-45(40,41)29-12-11-24(33)18-26(29)34/h11-12,15-20,38H,4-10,13-14H2,1-3H3. The molecular formula is C32H36F2N4O6S. The maximum atomic E-state index is 14.3. The van der Waals surface area contributed by atoms with Gasteiger partial charge in [0.1, 0.15) is 53.0 Å². The van der Waals surface area contributed by atoms with E-state index in [2.05, 4.69) is 26.6 Å². The number of nitrogens with one attached hydrogen (secondary N) is 1. The van der Waals surface area contributed by atoms with Crippen LogP contribution in [-0.4, -0.2) is 49.7 Å². The second-order valence-electron chi connectivity index (χ2n) is 10.4. The third kappa shape index (κ3) is 8.84. The molecule has 0 fully saturated rings. The Morgan fingerprint density at radius 3 is 2.47 bits per heavy atom. The Morgan fingerprint density at radius 1 is 0.933 bits per heavy atom. The summed E-state index contributed by atoms with van der Waals surface area (Å²) < 4.78 is 72.6. The fourth-order valence-electron chi connectivity index (χ4n) is 4.70. The molecule has 4 rings (SSSR count). The van der Waals surface area contributed by atoms with Crippen LogP contribution in [0.3, 0.4) is 0 Å². The lowest BCUT2D eigenvalue weighted by Gasteiger charge is -2.15. The quantitative estimate of drug-likeness (QED) is 0.104. The topological polar surface area (TPSA) is 130 Å². The molecule has 240 valence electrons. The second kappa shape index (κ2) is 15.6. The van der Waals surface area contributed by atoms with E-state index in [1.165, 1.54) is 45.0 Å². The van der Waals surface area contributed by atoms with Crippen LogP contribution < -0.4 is 14.2 Å². The Bertz CT molecular complexity index is 1750. The summed E-state index contributed by atoms with van der Waals surface area (Å²) in [6.45, 7) is 4.11. The summed E-state index contributed by atoms with van der Waals surface area (Å²) in [5.74, 6) is -2.10. The first-order chi connectivity index (χ1) is 21.6. The van der Waals surface area contributed by atoms with E-state index in [-0.39, 0.29) is 30.8 Å². The molecule has 0 aliphatic rings. The molecule has 0 spiro atoms. The highest BCUT2D eigenvalue weighted by molar-refractivity contribution is 7.92. The van der Waals surface area contributed by atoms with Crippen molar-refractivity contribution in [1.29, 1.82) is 0 Å². The molecule has 1 N–H and O–H groups in total. The number of rotatable bonds is 16. The zero-order chi connectivity index (χ0) is 32.4. The molecule has 2 aromatic carbocycles. The van der Waals surface area contributed by atoms with Gasteiger partial charge in [0, 0.05) is 35.3 Å². The largest absolute Gasteiger partial charge is 0.488 e. The van der Waals surface area contributed by atoms with Gasteiger partial charge in [0.05, 0.1) is 7.11 Å². The summed E-state index contributed by atoms with van der Waals surface area (Å²) in [6.07, 6.45) is 9.71. The lowest BCUT2D eigenvalue weighted by Crippen LogP contribution is -2.16. The van der Waals surface area contributed by atoms with Crippen molar-refractivity contribution in [3.8, 4) is 22.8 Å². The number of methoxy groups -OCH3 is 1. The number of nitrogens with zero attached hydrogens (tertiary/aromatic N) is 3. The maximum absolute atomic E-state index is 14.3. The van der Waals surface area contributed by atoms with E-state index in [0.717, 1.165) is 31.4 Å². The number of esters is 1. The second-order valence-corrected chi connectivity index (χ2v) is 12.0. The smallest absolute Gasteiger partial charge is 0.305 e. The Labute approximate surface area is 261 Å². The number of anilines is 1. The molecule has 2 aromatic heterocycles. The van der Waals surface area contributed by atoms with Gasteiger partial charge in [-0.3, -0.25) is 9.52 Å². The summed E-state index contributed by atoms with van der Waals surface area (Å²) in [7, 11) is -3.17. The summed E-state index contributed by atoms with van der Waals surface area (Å²) in [5.41, 5.74) is 2.19. The molecule has 0 saturated heterocycles. The molecule has 0 amide bonds. The number of fused-ring (bicyclic) bond motifs is 1. The molecule has 0 unspecified atom stereocenters. The van der Waals surface area contributed by atoms with Crippen molar-refractivity contribution in [3.05, 3.63) is 66.3 Å². The minimum atomic E-state index is -4.47. The van der Waals surface area contributed by atoms with E-state index in [4.69, 9.17) is 14.2 Å². The lowest BCUT2D eigenvalue weighted by molar-refractivity contribution is -0.144. The number of hydrogen-bond donors (Lipinski definition) is 1. The minimum absolute atomic E-state index is 0.0560. The average Bonchev–Trinajstić information content (AvgIpc) is 3.00. The van der Waals surface area contributed by atoms with Gasteiger partial charge in [-0.05, 0) is 49.2 Å². The molecule has 13 heteroatoms. The summed E-state index contributed by atoms with van der Waals surface area (Å²) in [4.78, 5) is 24.3. The van der Waals surface area contributed by atoms with Crippen LogP contribution in [0.1, 0.15) is 57.6 Å². The van der Waals surface area contributed by atoms with Gasteiger partial charge in [-0.2, -0.15) is 0 Å². The van der Waals surface area contributed by atoms with Crippen molar-refractivity contribution in [2.75, 3.05) is 25.0 Å². The molecule has 0 aliphatic heterocycles. The van der Waals surface area contributed by atoms with Crippen molar-refractivity contribution in [2.24, 2.45) is 0 Å². The van der Waals surface area contributed by atoms with Crippen LogP contribution in [0, 0.1) is 18.6 Å². The number of pyridine rings is 1. The number of ether oxygens (including phenoxy) is 3. The van der Waals surface area contributed by atoms with E-state index in [1.807, 2.05) is 6.92 Å². The van der Waals surface area contributed by atoms with Gasteiger partial charge < -0.3 is 14.2 Å². The minimum Gasteiger partial charge on any atom is -0.488 e. The van der Waals surface area contributed by atoms with E-state index >= 15 is 0 Å². The van der Waals surface area contributed by atoms with Crippen LogP contribution in [-0.2, 0) is 19.6 Å². The number of sulfonamides is 1. The average molecular weight is 643 g/mol. The lowest BCUT2D eigenvalue weighted by atomic mass is 10.0. The van der Waals surface area contributed by atoms with Crippen molar-refractivity contribution >= 4 is 32.6 Å². The predicted octanol–water partition coefficient (Wildman–Crippen LogP) is 6.76. The number of carbonyl (C=O) groups excluding carboxylic acids is 1. The number of aromatic nitrogens is 3. The number of aryl methyl sites for hydroxylation is 1. The third-order valence-electron chi connectivity index (χ3n) is 7.05. The number of unbranched alkanes of at least 4 members (excludes halogenated alkanes) is 5. The zero-order valence-electron chi connectivity index (χ0n) is 25.4. The van der Waals surface area contributed by atoms with Crippen LogP contribution >= 0.6 is 0 Å². The Hall–Kier alpha value is -4.39. The fourth-order valence-corrected chi connectivity index (χ4v) is 5.81. The van der Waals surface area contributed by atoms with Gasteiger partial charge in [-0.1, -0.05) is 39.0 Å². The highest BCUT2D eigenvalue weighted by atomic mass is 32.2. The van der Waals surface area contributed by atoms with E-state index in [9.17, 15) is 22.0 Å². The third-order valence-corrected chi connectivity index (χ3v) is 8.45. The Balaban J connectivity index is 1.53. The van der Waals surface area contributed by atoms with Crippen LogP contribution in [0.4, 0.5) is 14.5 Å². The van der Waals surface area contributed by atoms with Crippen molar-refractivity contribution in [3.63, 3.8) is 0 Å². The van der Waals surface area contributed by atoms with Crippen molar-refractivity contribution in [2.45, 2.75) is 63.7 Å². The summed E-state index contributed by atoms with van der Waals surface area (Å²) in [5, 5.41) is 0.677. The molecule has 10 nitrogen and oxygen atoms in total. The first-order valence-corrected chi connectivity index (χ1v) is 16.2. The number of halogens is 2. The summed E-state index contributed by atoms with van der Waals surface area (Å²) >= 11 is 0.